The summed E-state index contributed by atoms with van der Waals surface area (Å²) < 4.78 is 0. The van der Waals surface area contributed by atoms with Crippen LogP contribution in [0.3, 0.4) is 0 Å². The molecule has 4 rings (SSSR count). The van der Waals surface area contributed by atoms with Gasteiger partial charge in [-0.15, -0.1) is 0 Å². The minimum atomic E-state index is 1.10. The molecule has 1 radical (unpaired) electrons. The van der Waals surface area contributed by atoms with E-state index in [2.05, 4.69) is 111 Å². The predicted molar refractivity (Wildman–Crippen MR) is 139 cm³/mol. The lowest BCUT2D eigenvalue weighted by molar-refractivity contribution is 0.796. The molecule has 32 heavy (non-hydrogen) atoms. The van der Waals surface area contributed by atoms with Crippen LogP contribution in [-0.2, 0) is 12.8 Å². The summed E-state index contributed by atoms with van der Waals surface area (Å²) >= 11 is 0. The van der Waals surface area contributed by atoms with Crippen LogP contribution in [0.4, 0.5) is 0 Å². The number of unbranched alkanes of at least 4 members (excludes halogenated alkanes) is 2. The van der Waals surface area contributed by atoms with Crippen molar-refractivity contribution in [2.45, 2.75) is 52.4 Å². The predicted octanol–water partition coefficient (Wildman–Crippen LogP) is 9.17. The molecule has 0 unspecified atom stereocenters. The molecule has 4 aromatic rings. The fourth-order valence-electron chi connectivity index (χ4n) is 4.56. The van der Waals surface area contributed by atoms with Crippen LogP contribution in [0.2, 0.25) is 0 Å². The molecule has 0 nitrogen and oxygen atoms in total. The van der Waals surface area contributed by atoms with Gasteiger partial charge in [0, 0.05) is 0 Å². The number of aryl methyl sites for hydroxylation is 2. The molecule has 0 atom stereocenters. The highest BCUT2D eigenvalue weighted by atomic mass is 14.2. The van der Waals surface area contributed by atoms with Crippen LogP contribution in [0.5, 0.6) is 0 Å². The first-order chi connectivity index (χ1) is 15.8. The van der Waals surface area contributed by atoms with E-state index in [9.17, 15) is 0 Å². The number of benzene rings is 4. The molecule has 0 aromatic heterocycles. The molecule has 161 valence electrons. The van der Waals surface area contributed by atoms with Gasteiger partial charge >= 0.3 is 0 Å². The monoisotopic (exact) mass is 417 g/mol. The molecular weight excluding hydrogens is 384 g/mol. The molecular formula is C32H33. The Morgan fingerprint density at radius 2 is 1.12 bits per heavy atom. The molecule has 0 heteroatoms. The van der Waals surface area contributed by atoms with Gasteiger partial charge < -0.3 is 0 Å². The van der Waals surface area contributed by atoms with Crippen LogP contribution in [0.15, 0.2) is 91.0 Å². The third-order valence-electron chi connectivity index (χ3n) is 6.25. The van der Waals surface area contributed by atoms with Gasteiger partial charge in [-0.1, -0.05) is 118 Å². The third kappa shape index (κ3) is 4.86. The van der Waals surface area contributed by atoms with E-state index in [1.807, 2.05) is 0 Å². The van der Waals surface area contributed by atoms with E-state index in [0.717, 1.165) is 12.8 Å². The average Bonchev–Trinajstić information content (AvgIpc) is 2.86. The Kier molecular flexibility index (Phi) is 7.56. The summed E-state index contributed by atoms with van der Waals surface area (Å²) in [4.78, 5) is 0. The molecule has 0 spiro atoms. The summed E-state index contributed by atoms with van der Waals surface area (Å²) in [6.45, 7) is 4.53. The highest BCUT2D eigenvalue weighted by Gasteiger charge is 2.17. The van der Waals surface area contributed by atoms with Gasteiger partial charge in [0.15, 0.2) is 0 Å². The van der Waals surface area contributed by atoms with Crippen molar-refractivity contribution in [3.8, 4) is 33.4 Å². The second-order valence-electron chi connectivity index (χ2n) is 8.53. The quantitative estimate of drug-likeness (QED) is 0.255. The summed E-state index contributed by atoms with van der Waals surface area (Å²) in [5.74, 6) is 0. The van der Waals surface area contributed by atoms with Crippen LogP contribution in [0.25, 0.3) is 33.4 Å². The Morgan fingerprint density at radius 3 is 1.78 bits per heavy atom. The molecule has 0 aliphatic carbocycles. The number of rotatable bonds is 9. The van der Waals surface area contributed by atoms with E-state index in [0.29, 0.717) is 0 Å². The highest BCUT2D eigenvalue weighted by molar-refractivity contribution is 5.95. The van der Waals surface area contributed by atoms with Crippen LogP contribution < -0.4 is 0 Å². The maximum Gasteiger partial charge on any atom is -0.00176 e. The molecule has 0 fully saturated rings. The molecule has 0 amide bonds. The van der Waals surface area contributed by atoms with Crippen LogP contribution in [0, 0.1) is 6.07 Å². The van der Waals surface area contributed by atoms with Gasteiger partial charge in [0.2, 0.25) is 0 Å². The van der Waals surface area contributed by atoms with Crippen molar-refractivity contribution in [2.24, 2.45) is 0 Å². The lowest BCUT2D eigenvalue weighted by Gasteiger charge is -2.20. The third-order valence-corrected chi connectivity index (χ3v) is 6.25. The standard InChI is InChI=1S/C32H33/c1-3-5-15-25-17-10-12-21-28(25)30-23-14-24-31(32(30)27-19-8-7-9-20-27)29-22-13-11-18-26(29)16-6-4-2/h7-14,17-23H,3-6,15-16H2,1-2H3. The molecule has 0 saturated carbocycles. The lowest BCUT2D eigenvalue weighted by atomic mass is 9.84. The number of hydrogen-bond acceptors (Lipinski definition) is 0. The Labute approximate surface area is 194 Å². The van der Waals surface area contributed by atoms with E-state index in [1.54, 1.807) is 0 Å². The fourth-order valence-corrected chi connectivity index (χ4v) is 4.56. The van der Waals surface area contributed by atoms with E-state index < -0.39 is 0 Å². The Hall–Kier alpha value is -3.12. The van der Waals surface area contributed by atoms with Crippen molar-refractivity contribution >= 4 is 0 Å². The summed E-state index contributed by atoms with van der Waals surface area (Å²) in [5.41, 5.74) is 10.6. The number of hydrogen-bond donors (Lipinski definition) is 0. The molecule has 4 aromatic carbocycles. The smallest absolute Gasteiger partial charge is 0.00176 e. The normalized spacial score (nSPS) is 10.9. The second kappa shape index (κ2) is 11.0. The van der Waals surface area contributed by atoms with Gasteiger partial charge in [-0.25, -0.2) is 0 Å². The summed E-state index contributed by atoms with van der Waals surface area (Å²) in [5, 5.41) is 0. The molecule has 0 saturated heterocycles. The van der Waals surface area contributed by atoms with E-state index >= 15 is 0 Å². The molecule has 0 bridgehead atoms. The highest BCUT2D eigenvalue weighted by Crippen LogP contribution is 2.42. The maximum atomic E-state index is 3.64. The summed E-state index contributed by atoms with van der Waals surface area (Å²) in [6, 6.07) is 36.7. The Bertz CT molecular complexity index is 1070. The van der Waals surface area contributed by atoms with E-state index in [1.165, 1.54) is 70.2 Å². The summed E-state index contributed by atoms with van der Waals surface area (Å²) in [6.07, 6.45) is 7.04. The first-order valence-electron chi connectivity index (χ1n) is 12.1. The van der Waals surface area contributed by atoms with E-state index in [4.69, 9.17) is 0 Å². The zero-order valence-corrected chi connectivity index (χ0v) is 19.4. The molecule has 0 heterocycles. The maximum absolute atomic E-state index is 3.64. The van der Waals surface area contributed by atoms with Crippen molar-refractivity contribution in [2.75, 3.05) is 0 Å². The van der Waals surface area contributed by atoms with Crippen molar-refractivity contribution in [1.82, 2.24) is 0 Å². The van der Waals surface area contributed by atoms with Crippen molar-refractivity contribution in [1.29, 1.82) is 0 Å². The largest absolute Gasteiger partial charge is 0.0654 e. The van der Waals surface area contributed by atoms with Crippen LogP contribution in [0.1, 0.15) is 50.7 Å². The van der Waals surface area contributed by atoms with Gasteiger partial charge in [0.1, 0.15) is 0 Å². The van der Waals surface area contributed by atoms with Crippen molar-refractivity contribution in [3.63, 3.8) is 0 Å². The van der Waals surface area contributed by atoms with Gasteiger partial charge in [-0.2, -0.15) is 0 Å². The minimum Gasteiger partial charge on any atom is -0.0654 e. The Morgan fingerprint density at radius 1 is 0.562 bits per heavy atom. The van der Waals surface area contributed by atoms with Crippen molar-refractivity contribution in [3.05, 3.63) is 108 Å². The van der Waals surface area contributed by atoms with Gasteiger partial charge in [0.05, 0.1) is 0 Å². The fraction of sp³-hybridized carbons (Fsp3) is 0.250. The molecule has 0 aliphatic rings. The first kappa shape index (κ1) is 22.1. The topological polar surface area (TPSA) is 0 Å². The lowest BCUT2D eigenvalue weighted by Crippen LogP contribution is -1.97. The van der Waals surface area contributed by atoms with Gasteiger partial charge in [-0.05, 0) is 76.3 Å². The van der Waals surface area contributed by atoms with Crippen molar-refractivity contribution < 1.29 is 0 Å². The summed E-state index contributed by atoms with van der Waals surface area (Å²) in [7, 11) is 0. The zero-order valence-electron chi connectivity index (χ0n) is 19.4. The zero-order chi connectivity index (χ0) is 22.2. The average molecular weight is 418 g/mol. The van der Waals surface area contributed by atoms with E-state index in [-0.39, 0.29) is 0 Å². The Balaban J connectivity index is 1.96. The first-order valence-corrected chi connectivity index (χ1v) is 12.1. The SMILES string of the molecule is CCCCc1ccccc1-c1[c]ccc(-c2ccccc2CCCC)c1-c1ccccc1. The van der Waals surface area contributed by atoms with Crippen LogP contribution >= 0.6 is 0 Å². The van der Waals surface area contributed by atoms with Crippen LogP contribution in [-0.4, -0.2) is 0 Å². The second-order valence-corrected chi connectivity index (χ2v) is 8.53. The van der Waals surface area contributed by atoms with Gasteiger partial charge in [0.25, 0.3) is 0 Å². The van der Waals surface area contributed by atoms with Gasteiger partial charge in [-0.3, -0.25) is 0 Å². The molecule has 0 N–H and O–H groups in total. The molecule has 0 aliphatic heterocycles. The minimum absolute atomic E-state index is 1.10.